The molecule has 2 heteroatoms. The monoisotopic (exact) mass is 154 g/mol. The van der Waals surface area contributed by atoms with Crippen molar-refractivity contribution in [2.24, 2.45) is 0 Å². The van der Waals surface area contributed by atoms with E-state index in [0.717, 1.165) is 19.6 Å². The summed E-state index contributed by atoms with van der Waals surface area (Å²) < 4.78 is 0. The maximum absolute atomic E-state index is 3.86. The summed E-state index contributed by atoms with van der Waals surface area (Å²) >= 11 is 0. The Bertz CT molecular complexity index is 126. The lowest BCUT2D eigenvalue weighted by Crippen LogP contribution is -2.40. The summed E-state index contributed by atoms with van der Waals surface area (Å²) in [6.45, 7) is 9.22. The Labute approximate surface area is 69.1 Å². The van der Waals surface area contributed by atoms with Crippen LogP contribution in [0.3, 0.4) is 0 Å². The molecule has 1 fully saturated rings. The van der Waals surface area contributed by atoms with E-state index in [0.29, 0.717) is 6.04 Å². The van der Waals surface area contributed by atoms with Gasteiger partial charge in [-0.1, -0.05) is 12.2 Å². The van der Waals surface area contributed by atoms with Gasteiger partial charge in [-0.05, 0) is 32.9 Å². The molecule has 1 aliphatic heterocycles. The summed E-state index contributed by atoms with van der Waals surface area (Å²) in [5, 5.41) is 6.82. The van der Waals surface area contributed by atoms with Gasteiger partial charge in [0.15, 0.2) is 0 Å². The maximum Gasteiger partial charge on any atom is 0.0161 e. The van der Waals surface area contributed by atoms with E-state index in [1.807, 2.05) is 0 Å². The molecule has 0 spiro atoms. The minimum Gasteiger partial charge on any atom is -0.317 e. The first-order chi connectivity index (χ1) is 5.29. The molecular weight excluding hydrogens is 136 g/mol. The minimum absolute atomic E-state index is 0.716. The van der Waals surface area contributed by atoms with Crippen molar-refractivity contribution in [3.8, 4) is 0 Å². The molecule has 0 aromatic heterocycles. The van der Waals surface area contributed by atoms with Crippen molar-refractivity contribution in [2.45, 2.75) is 25.8 Å². The van der Waals surface area contributed by atoms with Gasteiger partial charge in [-0.3, -0.25) is 0 Å². The van der Waals surface area contributed by atoms with Crippen LogP contribution in [0.5, 0.6) is 0 Å². The molecule has 0 bridgehead atoms. The molecule has 1 rings (SSSR count). The van der Waals surface area contributed by atoms with Gasteiger partial charge in [0.2, 0.25) is 0 Å². The third kappa shape index (κ3) is 3.54. The average Bonchev–Trinajstić information content (AvgIpc) is 2.03. The molecule has 0 aromatic rings. The third-order valence-corrected chi connectivity index (χ3v) is 2.03. The summed E-state index contributed by atoms with van der Waals surface area (Å²) in [4.78, 5) is 0. The first-order valence-corrected chi connectivity index (χ1v) is 4.37. The molecule has 0 radical (unpaired) electrons. The van der Waals surface area contributed by atoms with Gasteiger partial charge >= 0.3 is 0 Å². The Morgan fingerprint density at radius 2 is 2.18 bits per heavy atom. The number of piperidine rings is 1. The van der Waals surface area contributed by atoms with E-state index in [-0.39, 0.29) is 0 Å². The van der Waals surface area contributed by atoms with E-state index >= 15 is 0 Å². The van der Waals surface area contributed by atoms with Crippen molar-refractivity contribution in [3.63, 3.8) is 0 Å². The second-order valence-electron chi connectivity index (χ2n) is 3.36. The fraction of sp³-hybridized carbons (Fsp3) is 0.778. The summed E-state index contributed by atoms with van der Waals surface area (Å²) in [5.41, 5.74) is 1.23. The predicted octanol–water partition coefficient (Wildman–Crippen LogP) is 0.904. The second-order valence-corrected chi connectivity index (χ2v) is 3.36. The Hall–Kier alpha value is -0.340. The summed E-state index contributed by atoms with van der Waals surface area (Å²) in [7, 11) is 0. The van der Waals surface area contributed by atoms with Crippen molar-refractivity contribution in [3.05, 3.63) is 12.2 Å². The zero-order chi connectivity index (χ0) is 8.10. The highest BCUT2D eigenvalue weighted by Gasteiger charge is 2.10. The largest absolute Gasteiger partial charge is 0.317 e. The van der Waals surface area contributed by atoms with Crippen molar-refractivity contribution in [1.29, 1.82) is 0 Å². The zero-order valence-electron chi connectivity index (χ0n) is 7.32. The van der Waals surface area contributed by atoms with E-state index in [2.05, 4.69) is 24.1 Å². The van der Waals surface area contributed by atoms with Gasteiger partial charge in [0.1, 0.15) is 0 Å². The van der Waals surface area contributed by atoms with E-state index in [1.54, 1.807) is 0 Å². The highest BCUT2D eigenvalue weighted by atomic mass is 15.0. The fourth-order valence-electron chi connectivity index (χ4n) is 1.34. The normalized spacial score (nSPS) is 20.1. The van der Waals surface area contributed by atoms with Crippen LogP contribution in [-0.4, -0.2) is 25.7 Å². The molecule has 2 N–H and O–H groups in total. The van der Waals surface area contributed by atoms with Crippen LogP contribution in [0.15, 0.2) is 12.2 Å². The SMILES string of the molecule is C=C(C)CNC1CCNCC1. The first-order valence-electron chi connectivity index (χ1n) is 4.37. The summed E-state index contributed by atoms with van der Waals surface area (Å²) in [6.07, 6.45) is 2.51. The Morgan fingerprint density at radius 1 is 1.55 bits per heavy atom. The van der Waals surface area contributed by atoms with Crippen molar-refractivity contribution < 1.29 is 0 Å². The number of rotatable bonds is 3. The van der Waals surface area contributed by atoms with Crippen LogP contribution in [0.4, 0.5) is 0 Å². The summed E-state index contributed by atoms with van der Waals surface area (Å²) in [5.74, 6) is 0. The predicted molar refractivity (Wildman–Crippen MR) is 48.7 cm³/mol. The van der Waals surface area contributed by atoms with Gasteiger partial charge in [-0.15, -0.1) is 0 Å². The molecule has 0 saturated carbocycles. The quantitative estimate of drug-likeness (QED) is 0.590. The van der Waals surface area contributed by atoms with Crippen LogP contribution in [0.1, 0.15) is 19.8 Å². The van der Waals surface area contributed by atoms with Gasteiger partial charge in [-0.2, -0.15) is 0 Å². The van der Waals surface area contributed by atoms with E-state index in [4.69, 9.17) is 0 Å². The molecule has 0 aliphatic carbocycles. The Morgan fingerprint density at radius 3 is 2.73 bits per heavy atom. The van der Waals surface area contributed by atoms with Crippen molar-refractivity contribution in [1.82, 2.24) is 10.6 Å². The van der Waals surface area contributed by atoms with Crippen molar-refractivity contribution >= 4 is 0 Å². The fourth-order valence-corrected chi connectivity index (χ4v) is 1.34. The molecule has 0 atom stereocenters. The van der Waals surface area contributed by atoms with E-state index in [1.165, 1.54) is 18.4 Å². The lowest BCUT2D eigenvalue weighted by atomic mass is 10.1. The molecule has 0 aromatic carbocycles. The second kappa shape index (κ2) is 4.52. The van der Waals surface area contributed by atoms with Crippen LogP contribution in [0.25, 0.3) is 0 Å². The van der Waals surface area contributed by atoms with Crippen LogP contribution in [0.2, 0.25) is 0 Å². The first kappa shape index (κ1) is 8.75. The highest BCUT2D eigenvalue weighted by molar-refractivity contribution is 4.92. The van der Waals surface area contributed by atoms with Gasteiger partial charge in [0.25, 0.3) is 0 Å². The third-order valence-electron chi connectivity index (χ3n) is 2.03. The van der Waals surface area contributed by atoms with Crippen LogP contribution < -0.4 is 10.6 Å². The standard InChI is InChI=1S/C9H18N2/c1-8(2)7-11-9-3-5-10-6-4-9/h9-11H,1,3-7H2,2H3. The minimum atomic E-state index is 0.716. The molecule has 0 unspecified atom stereocenters. The zero-order valence-corrected chi connectivity index (χ0v) is 7.32. The highest BCUT2D eigenvalue weighted by Crippen LogP contribution is 2.01. The Kier molecular flexibility index (Phi) is 3.60. The molecule has 1 saturated heterocycles. The molecule has 11 heavy (non-hydrogen) atoms. The van der Waals surface area contributed by atoms with Gasteiger partial charge in [0.05, 0.1) is 0 Å². The number of hydrogen-bond donors (Lipinski definition) is 2. The van der Waals surface area contributed by atoms with Gasteiger partial charge < -0.3 is 10.6 Å². The lowest BCUT2D eigenvalue weighted by Gasteiger charge is -2.23. The molecule has 0 amide bonds. The average molecular weight is 154 g/mol. The smallest absolute Gasteiger partial charge is 0.0161 e. The molecular formula is C9H18N2. The maximum atomic E-state index is 3.86. The van der Waals surface area contributed by atoms with Crippen molar-refractivity contribution in [2.75, 3.05) is 19.6 Å². The lowest BCUT2D eigenvalue weighted by molar-refractivity contribution is 0.397. The topological polar surface area (TPSA) is 24.1 Å². The number of nitrogens with one attached hydrogen (secondary N) is 2. The molecule has 64 valence electrons. The number of hydrogen-bond acceptors (Lipinski definition) is 2. The molecule has 1 heterocycles. The van der Waals surface area contributed by atoms with Crippen LogP contribution in [-0.2, 0) is 0 Å². The van der Waals surface area contributed by atoms with Gasteiger partial charge in [0, 0.05) is 12.6 Å². The Balaban J connectivity index is 2.09. The van der Waals surface area contributed by atoms with Crippen LogP contribution in [0, 0.1) is 0 Å². The molecule has 2 nitrogen and oxygen atoms in total. The summed E-state index contributed by atoms with van der Waals surface area (Å²) in [6, 6.07) is 0.716. The van der Waals surface area contributed by atoms with Crippen LogP contribution >= 0.6 is 0 Å². The van der Waals surface area contributed by atoms with E-state index < -0.39 is 0 Å². The molecule has 1 aliphatic rings. The van der Waals surface area contributed by atoms with Gasteiger partial charge in [-0.25, -0.2) is 0 Å². The van der Waals surface area contributed by atoms with E-state index in [9.17, 15) is 0 Å².